The molecule has 10 heteroatoms. The second-order valence-electron chi connectivity index (χ2n) is 6.05. The maximum Gasteiger partial charge on any atom is 0.330 e. The Morgan fingerprint density at radius 2 is 0.857 bits per heavy atom. The maximum absolute atomic E-state index is 12.6. The molecular weight excluding hydrogens is 372 g/mol. The molecule has 2 aliphatic heterocycles. The van der Waals surface area contributed by atoms with Crippen molar-refractivity contribution < 1.29 is 38.4 Å². The summed E-state index contributed by atoms with van der Waals surface area (Å²) in [7, 11) is 0. The van der Waals surface area contributed by atoms with E-state index in [4.69, 9.17) is 9.68 Å². The Morgan fingerprint density at radius 1 is 0.607 bits per heavy atom. The fraction of sp³-hybridized carbons (Fsp3) is 0.111. The summed E-state index contributed by atoms with van der Waals surface area (Å²) in [4.78, 5) is 82.4. The second-order valence-corrected chi connectivity index (χ2v) is 6.05. The molecule has 0 bridgehead atoms. The van der Waals surface area contributed by atoms with E-state index in [-0.39, 0.29) is 33.0 Å². The zero-order chi connectivity index (χ0) is 20.3. The van der Waals surface area contributed by atoms with E-state index in [9.17, 15) is 28.8 Å². The van der Waals surface area contributed by atoms with Crippen LogP contribution in [0, 0.1) is 0 Å². The zero-order valence-corrected chi connectivity index (χ0v) is 14.5. The lowest BCUT2D eigenvalue weighted by atomic mass is 9.87. The van der Waals surface area contributed by atoms with Gasteiger partial charge in [0.05, 0.1) is 22.3 Å². The predicted octanol–water partition coefficient (Wildman–Crippen LogP) is 0.988. The SMILES string of the molecule is CC(=O)ON1C(=O)c2ccc3c4c(ccc(c24)C1=O)C(=O)N(OC(C)=O)C3=O. The number of hydrogen-bond acceptors (Lipinski definition) is 8. The largest absolute Gasteiger partial charge is 0.330 e. The first-order valence-corrected chi connectivity index (χ1v) is 7.96. The van der Waals surface area contributed by atoms with E-state index >= 15 is 0 Å². The van der Waals surface area contributed by atoms with Crippen LogP contribution < -0.4 is 0 Å². The van der Waals surface area contributed by atoms with Crippen LogP contribution in [-0.4, -0.2) is 45.7 Å². The summed E-state index contributed by atoms with van der Waals surface area (Å²) in [6.07, 6.45) is 0. The van der Waals surface area contributed by atoms with E-state index in [0.717, 1.165) is 13.8 Å². The van der Waals surface area contributed by atoms with Crippen molar-refractivity contribution in [1.82, 2.24) is 10.1 Å². The van der Waals surface area contributed by atoms with Crippen molar-refractivity contribution >= 4 is 46.3 Å². The highest BCUT2D eigenvalue weighted by molar-refractivity contribution is 6.32. The summed E-state index contributed by atoms with van der Waals surface area (Å²) in [6.45, 7) is 2.08. The molecule has 0 aliphatic carbocycles. The molecule has 0 radical (unpaired) electrons. The number of imide groups is 2. The summed E-state index contributed by atoms with van der Waals surface area (Å²) in [6, 6.07) is 5.09. The molecule has 0 saturated heterocycles. The molecule has 4 amide bonds. The minimum absolute atomic E-state index is 0.0158. The average Bonchev–Trinajstić information content (AvgIpc) is 2.64. The highest BCUT2D eigenvalue weighted by Crippen LogP contribution is 2.37. The van der Waals surface area contributed by atoms with Crippen molar-refractivity contribution in [2.24, 2.45) is 0 Å². The molecule has 2 aromatic rings. The lowest BCUT2D eigenvalue weighted by Gasteiger charge is -2.29. The molecule has 0 N–H and O–H groups in total. The molecule has 2 aliphatic rings. The second kappa shape index (κ2) is 5.71. The summed E-state index contributed by atoms with van der Waals surface area (Å²) < 4.78 is 0. The van der Waals surface area contributed by atoms with Gasteiger partial charge in [-0.2, -0.15) is 0 Å². The van der Waals surface area contributed by atoms with Gasteiger partial charge < -0.3 is 9.68 Å². The van der Waals surface area contributed by atoms with Gasteiger partial charge in [0, 0.05) is 24.6 Å². The van der Waals surface area contributed by atoms with E-state index in [1.807, 2.05) is 0 Å². The first kappa shape index (κ1) is 17.3. The molecule has 10 nitrogen and oxygen atoms in total. The Hall–Kier alpha value is -4.08. The molecule has 2 aromatic carbocycles. The van der Waals surface area contributed by atoms with Gasteiger partial charge in [-0.05, 0) is 24.3 Å². The fourth-order valence-corrected chi connectivity index (χ4v) is 3.25. The topological polar surface area (TPSA) is 127 Å². The Labute approximate surface area is 156 Å². The van der Waals surface area contributed by atoms with Crippen LogP contribution >= 0.6 is 0 Å². The van der Waals surface area contributed by atoms with Gasteiger partial charge in [-0.25, -0.2) is 9.59 Å². The normalized spacial score (nSPS) is 15.2. The van der Waals surface area contributed by atoms with Crippen LogP contribution in [0.1, 0.15) is 55.3 Å². The van der Waals surface area contributed by atoms with Gasteiger partial charge >= 0.3 is 11.9 Å². The lowest BCUT2D eigenvalue weighted by molar-refractivity contribution is -0.166. The number of carbonyl (C=O) groups is 6. The first-order chi connectivity index (χ1) is 13.2. The van der Waals surface area contributed by atoms with Crippen LogP contribution in [0.3, 0.4) is 0 Å². The first-order valence-electron chi connectivity index (χ1n) is 7.96. The third-order valence-electron chi connectivity index (χ3n) is 4.26. The number of carbonyl (C=O) groups excluding carboxylic acids is 6. The molecule has 0 atom stereocenters. The molecule has 2 heterocycles. The van der Waals surface area contributed by atoms with Crippen molar-refractivity contribution in [3.63, 3.8) is 0 Å². The molecule has 0 fully saturated rings. The summed E-state index contributed by atoms with van der Waals surface area (Å²) in [5.41, 5.74) is -0.0630. The van der Waals surface area contributed by atoms with E-state index in [2.05, 4.69) is 0 Å². The summed E-state index contributed by atoms with van der Waals surface area (Å²) in [5, 5.41) is 0.855. The van der Waals surface area contributed by atoms with Gasteiger partial charge in [0.1, 0.15) is 0 Å². The monoisotopic (exact) mass is 382 g/mol. The zero-order valence-electron chi connectivity index (χ0n) is 14.5. The van der Waals surface area contributed by atoms with Crippen molar-refractivity contribution in [3.8, 4) is 0 Å². The number of rotatable bonds is 2. The number of hydroxylamine groups is 4. The van der Waals surface area contributed by atoms with Gasteiger partial charge in [-0.1, -0.05) is 10.1 Å². The average molecular weight is 382 g/mol. The number of hydrogen-bond donors (Lipinski definition) is 0. The fourth-order valence-electron chi connectivity index (χ4n) is 3.25. The molecule has 0 unspecified atom stereocenters. The molecular formula is C18H10N2O8. The van der Waals surface area contributed by atoms with E-state index < -0.39 is 35.6 Å². The van der Waals surface area contributed by atoms with Gasteiger partial charge in [0.15, 0.2) is 0 Å². The van der Waals surface area contributed by atoms with Crippen molar-refractivity contribution in [1.29, 1.82) is 0 Å². The van der Waals surface area contributed by atoms with Crippen LogP contribution in [0.5, 0.6) is 0 Å². The highest BCUT2D eigenvalue weighted by Gasteiger charge is 2.42. The van der Waals surface area contributed by atoms with Gasteiger partial charge in [0.25, 0.3) is 23.6 Å². The minimum Gasteiger partial charge on any atom is -0.330 e. The highest BCUT2D eigenvalue weighted by atomic mass is 16.7. The maximum atomic E-state index is 12.6. The molecule has 0 aromatic heterocycles. The molecule has 140 valence electrons. The Bertz CT molecular complexity index is 1000. The van der Waals surface area contributed by atoms with E-state index in [0.29, 0.717) is 10.1 Å². The Balaban J connectivity index is 1.98. The summed E-state index contributed by atoms with van der Waals surface area (Å²) in [5.74, 6) is -5.34. The van der Waals surface area contributed by atoms with Crippen molar-refractivity contribution in [2.75, 3.05) is 0 Å². The third-order valence-corrected chi connectivity index (χ3v) is 4.26. The van der Waals surface area contributed by atoms with Crippen molar-refractivity contribution in [3.05, 3.63) is 46.5 Å². The Kier molecular flexibility index (Phi) is 3.54. The minimum atomic E-state index is -0.904. The standard InChI is InChI=1S/C18H10N2O8/c1-7(21)27-19-15(23)9-3-5-11-14-12(6-4-10(13(9)14)16(19)24)18(26)20(17(11)25)28-8(2)22/h3-6H,1-2H3. The number of amides is 4. The predicted molar refractivity (Wildman–Crippen MR) is 88.5 cm³/mol. The quantitative estimate of drug-likeness (QED) is 0.704. The van der Waals surface area contributed by atoms with E-state index in [1.165, 1.54) is 24.3 Å². The van der Waals surface area contributed by atoms with Gasteiger partial charge in [-0.3, -0.25) is 19.2 Å². The van der Waals surface area contributed by atoms with Crippen LogP contribution in [-0.2, 0) is 19.3 Å². The van der Waals surface area contributed by atoms with Crippen LogP contribution in [0.4, 0.5) is 0 Å². The van der Waals surface area contributed by atoms with Gasteiger partial charge in [-0.15, -0.1) is 0 Å². The summed E-state index contributed by atoms with van der Waals surface area (Å²) >= 11 is 0. The van der Waals surface area contributed by atoms with E-state index in [1.54, 1.807) is 0 Å². The lowest BCUT2D eigenvalue weighted by Crippen LogP contribution is -2.44. The molecule has 0 saturated carbocycles. The molecule has 28 heavy (non-hydrogen) atoms. The van der Waals surface area contributed by atoms with Crippen molar-refractivity contribution in [2.45, 2.75) is 13.8 Å². The third kappa shape index (κ3) is 2.21. The van der Waals surface area contributed by atoms with Crippen LogP contribution in [0.25, 0.3) is 10.8 Å². The number of nitrogens with zero attached hydrogens (tertiary/aromatic N) is 2. The van der Waals surface area contributed by atoms with Gasteiger partial charge in [0.2, 0.25) is 0 Å². The van der Waals surface area contributed by atoms with Crippen LogP contribution in [0.2, 0.25) is 0 Å². The Morgan fingerprint density at radius 3 is 1.07 bits per heavy atom. The molecule has 4 rings (SSSR count). The number of benzene rings is 2. The smallest absolute Gasteiger partial charge is 0.330 e. The molecule has 0 spiro atoms. The van der Waals surface area contributed by atoms with Crippen LogP contribution in [0.15, 0.2) is 24.3 Å².